The predicted octanol–water partition coefficient (Wildman–Crippen LogP) is 3.01. The molecule has 2 rings (SSSR count). The Morgan fingerprint density at radius 1 is 1.35 bits per heavy atom. The first-order valence-corrected chi connectivity index (χ1v) is 6.35. The van der Waals surface area contributed by atoms with E-state index in [9.17, 15) is 0 Å². The minimum absolute atomic E-state index is 0.139. The van der Waals surface area contributed by atoms with Crippen LogP contribution >= 0.6 is 0 Å². The lowest BCUT2D eigenvalue weighted by Gasteiger charge is -2.25. The van der Waals surface area contributed by atoms with Crippen LogP contribution in [0.2, 0.25) is 0 Å². The summed E-state index contributed by atoms with van der Waals surface area (Å²) in [5.74, 6) is 1.31. The van der Waals surface area contributed by atoms with Crippen LogP contribution in [0.1, 0.15) is 46.5 Å². The molecular weight excluding hydrogens is 214 g/mol. The molecule has 1 fully saturated rings. The van der Waals surface area contributed by atoms with E-state index in [1.54, 1.807) is 12.3 Å². The molecule has 4 heteroatoms. The SMILES string of the molecule is CC(C)Oc1ccnc(NC2(C)CCCC2)n1. The number of hydrogen-bond acceptors (Lipinski definition) is 4. The average Bonchev–Trinajstić information content (AvgIpc) is 2.64. The van der Waals surface area contributed by atoms with Crippen molar-refractivity contribution in [1.29, 1.82) is 0 Å². The quantitative estimate of drug-likeness (QED) is 0.871. The van der Waals surface area contributed by atoms with E-state index in [4.69, 9.17) is 4.74 Å². The summed E-state index contributed by atoms with van der Waals surface area (Å²) in [6, 6.07) is 1.79. The summed E-state index contributed by atoms with van der Waals surface area (Å²) in [5.41, 5.74) is 0.149. The molecule has 0 aliphatic heterocycles. The second-order valence-electron chi connectivity index (χ2n) is 5.28. The van der Waals surface area contributed by atoms with Crippen LogP contribution < -0.4 is 10.1 Å². The molecule has 1 N–H and O–H groups in total. The summed E-state index contributed by atoms with van der Waals surface area (Å²) in [7, 11) is 0. The highest BCUT2D eigenvalue weighted by Gasteiger charge is 2.29. The largest absolute Gasteiger partial charge is 0.475 e. The van der Waals surface area contributed by atoms with Gasteiger partial charge in [0, 0.05) is 17.8 Å². The van der Waals surface area contributed by atoms with Gasteiger partial charge in [-0.15, -0.1) is 0 Å². The third-order valence-corrected chi connectivity index (χ3v) is 3.11. The summed E-state index contributed by atoms with van der Waals surface area (Å²) in [5, 5.41) is 3.43. The molecule has 1 aromatic heterocycles. The van der Waals surface area contributed by atoms with Gasteiger partial charge >= 0.3 is 0 Å². The Kier molecular flexibility index (Phi) is 3.50. The molecule has 0 amide bonds. The van der Waals surface area contributed by atoms with Crippen LogP contribution in [0.15, 0.2) is 12.3 Å². The second-order valence-corrected chi connectivity index (χ2v) is 5.28. The third kappa shape index (κ3) is 3.32. The topological polar surface area (TPSA) is 47.0 Å². The van der Waals surface area contributed by atoms with Crippen molar-refractivity contribution in [3.63, 3.8) is 0 Å². The molecule has 1 aliphatic rings. The van der Waals surface area contributed by atoms with E-state index in [1.807, 2.05) is 13.8 Å². The smallest absolute Gasteiger partial charge is 0.226 e. The fourth-order valence-corrected chi connectivity index (χ4v) is 2.26. The molecule has 1 heterocycles. The fraction of sp³-hybridized carbons (Fsp3) is 0.692. The van der Waals surface area contributed by atoms with E-state index in [0.29, 0.717) is 11.8 Å². The summed E-state index contributed by atoms with van der Waals surface area (Å²) in [6.45, 7) is 6.22. The lowest BCUT2D eigenvalue weighted by Crippen LogP contribution is -2.31. The highest BCUT2D eigenvalue weighted by molar-refractivity contribution is 5.31. The number of aromatic nitrogens is 2. The van der Waals surface area contributed by atoms with Gasteiger partial charge in [-0.05, 0) is 33.6 Å². The van der Waals surface area contributed by atoms with Crippen molar-refractivity contribution < 1.29 is 4.74 Å². The van der Waals surface area contributed by atoms with Crippen LogP contribution in [-0.4, -0.2) is 21.6 Å². The molecule has 1 aromatic rings. The standard InChI is InChI=1S/C13H21N3O/c1-10(2)17-11-6-9-14-12(15-11)16-13(3)7-4-5-8-13/h6,9-10H,4-5,7-8H2,1-3H3,(H,14,15,16). The third-order valence-electron chi connectivity index (χ3n) is 3.11. The summed E-state index contributed by atoms with van der Waals surface area (Å²) in [4.78, 5) is 8.63. The second kappa shape index (κ2) is 4.90. The van der Waals surface area contributed by atoms with Crippen LogP contribution in [0.3, 0.4) is 0 Å². The number of anilines is 1. The number of rotatable bonds is 4. The molecule has 4 nitrogen and oxygen atoms in total. The van der Waals surface area contributed by atoms with Crippen molar-refractivity contribution in [2.75, 3.05) is 5.32 Å². The van der Waals surface area contributed by atoms with Crippen molar-refractivity contribution in [1.82, 2.24) is 9.97 Å². The first kappa shape index (κ1) is 12.1. The van der Waals surface area contributed by atoms with Crippen molar-refractivity contribution in [3.8, 4) is 5.88 Å². The molecule has 0 unspecified atom stereocenters. The van der Waals surface area contributed by atoms with E-state index in [2.05, 4.69) is 22.2 Å². The zero-order valence-corrected chi connectivity index (χ0v) is 10.9. The van der Waals surface area contributed by atoms with Gasteiger partial charge in [0.2, 0.25) is 11.8 Å². The lowest BCUT2D eigenvalue weighted by molar-refractivity contribution is 0.232. The van der Waals surface area contributed by atoms with Crippen molar-refractivity contribution in [2.24, 2.45) is 0 Å². The highest BCUT2D eigenvalue weighted by Crippen LogP contribution is 2.31. The van der Waals surface area contributed by atoms with Gasteiger partial charge in [0.25, 0.3) is 0 Å². The Morgan fingerprint density at radius 2 is 2.06 bits per heavy atom. The van der Waals surface area contributed by atoms with Gasteiger partial charge in [0.1, 0.15) is 0 Å². The minimum Gasteiger partial charge on any atom is -0.475 e. The molecule has 94 valence electrons. The molecule has 0 atom stereocenters. The molecule has 0 bridgehead atoms. The maximum Gasteiger partial charge on any atom is 0.226 e. The van der Waals surface area contributed by atoms with Crippen LogP contribution in [0.25, 0.3) is 0 Å². The zero-order chi connectivity index (χ0) is 12.3. The van der Waals surface area contributed by atoms with Gasteiger partial charge in [0.05, 0.1) is 6.10 Å². The fourth-order valence-electron chi connectivity index (χ4n) is 2.26. The van der Waals surface area contributed by atoms with E-state index in [-0.39, 0.29) is 11.6 Å². The summed E-state index contributed by atoms with van der Waals surface area (Å²) >= 11 is 0. The van der Waals surface area contributed by atoms with E-state index in [1.165, 1.54) is 25.7 Å². The van der Waals surface area contributed by atoms with E-state index in [0.717, 1.165) is 0 Å². The first-order valence-electron chi connectivity index (χ1n) is 6.35. The zero-order valence-electron chi connectivity index (χ0n) is 10.9. The van der Waals surface area contributed by atoms with Crippen LogP contribution in [0.4, 0.5) is 5.95 Å². The van der Waals surface area contributed by atoms with Crippen molar-refractivity contribution >= 4 is 5.95 Å². The summed E-state index contributed by atoms with van der Waals surface area (Å²) in [6.07, 6.45) is 6.82. The van der Waals surface area contributed by atoms with Gasteiger partial charge in [0.15, 0.2) is 0 Å². The highest BCUT2D eigenvalue weighted by atomic mass is 16.5. The van der Waals surface area contributed by atoms with Crippen molar-refractivity contribution in [3.05, 3.63) is 12.3 Å². The maximum absolute atomic E-state index is 5.56. The predicted molar refractivity (Wildman–Crippen MR) is 68.3 cm³/mol. The Hall–Kier alpha value is -1.32. The molecular formula is C13H21N3O. The lowest BCUT2D eigenvalue weighted by atomic mass is 10.0. The minimum atomic E-state index is 0.139. The molecule has 0 aromatic carbocycles. The van der Waals surface area contributed by atoms with Gasteiger partial charge in [-0.3, -0.25) is 0 Å². The Morgan fingerprint density at radius 3 is 2.71 bits per heavy atom. The molecule has 0 radical (unpaired) electrons. The van der Waals surface area contributed by atoms with Crippen molar-refractivity contribution in [2.45, 2.75) is 58.1 Å². The Balaban J connectivity index is 2.05. The molecule has 0 spiro atoms. The van der Waals surface area contributed by atoms with Crippen LogP contribution in [0, 0.1) is 0 Å². The normalized spacial score (nSPS) is 18.4. The van der Waals surface area contributed by atoms with Gasteiger partial charge < -0.3 is 10.1 Å². The first-order chi connectivity index (χ1) is 8.07. The molecule has 17 heavy (non-hydrogen) atoms. The van der Waals surface area contributed by atoms with Crippen LogP contribution in [-0.2, 0) is 0 Å². The number of ether oxygens (including phenoxy) is 1. The van der Waals surface area contributed by atoms with E-state index < -0.39 is 0 Å². The van der Waals surface area contributed by atoms with E-state index >= 15 is 0 Å². The van der Waals surface area contributed by atoms with Gasteiger partial charge in [-0.2, -0.15) is 4.98 Å². The van der Waals surface area contributed by atoms with Gasteiger partial charge in [-0.1, -0.05) is 12.8 Å². The molecule has 1 saturated carbocycles. The maximum atomic E-state index is 5.56. The van der Waals surface area contributed by atoms with Gasteiger partial charge in [-0.25, -0.2) is 4.98 Å². The molecule has 0 saturated heterocycles. The molecule has 1 aliphatic carbocycles. The number of nitrogens with one attached hydrogen (secondary N) is 1. The van der Waals surface area contributed by atoms with Crippen LogP contribution in [0.5, 0.6) is 5.88 Å². The summed E-state index contributed by atoms with van der Waals surface area (Å²) < 4.78 is 5.56. The Labute approximate surface area is 103 Å². The average molecular weight is 235 g/mol. The Bertz CT molecular complexity index is 373. The number of nitrogens with zero attached hydrogens (tertiary/aromatic N) is 2. The number of hydrogen-bond donors (Lipinski definition) is 1. The monoisotopic (exact) mass is 235 g/mol.